The lowest BCUT2D eigenvalue weighted by atomic mass is 10.1. The van der Waals surface area contributed by atoms with E-state index in [0.717, 1.165) is 25.3 Å². The van der Waals surface area contributed by atoms with Crippen molar-refractivity contribution in [3.8, 4) is 11.1 Å². The highest BCUT2D eigenvalue weighted by Gasteiger charge is 2.03. The van der Waals surface area contributed by atoms with Gasteiger partial charge in [-0.05, 0) is 31.3 Å². The molecule has 0 saturated carbocycles. The van der Waals surface area contributed by atoms with E-state index in [1.807, 2.05) is 31.0 Å². The Hall–Kier alpha value is -1.21. The second-order valence-electron chi connectivity index (χ2n) is 3.54. The summed E-state index contributed by atoms with van der Waals surface area (Å²) >= 11 is 0. The first-order valence-electron chi connectivity index (χ1n) is 4.84. The van der Waals surface area contributed by atoms with Gasteiger partial charge in [0.15, 0.2) is 0 Å². The van der Waals surface area contributed by atoms with Crippen molar-refractivity contribution >= 4 is 14.0 Å². The van der Waals surface area contributed by atoms with Gasteiger partial charge in [-0.3, -0.25) is 9.67 Å². The maximum atomic E-state index is 4.47. The summed E-state index contributed by atoms with van der Waals surface area (Å²) in [5.41, 5.74) is 4.59. The van der Waals surface area contributed by atoms with Crippen molar-refractivity contribution in [2.75, 3.05) is 6.66 Å². The highest BCUT2D eigenvalue weighted by atomic mass is 31.1. The lowest BCUT2D eigenvalue weighted by Crippen LogP contribution is -2.02. The van der Waals surface area contributed by atoms with Crippen molar-refractivity contribution in [3.63, 3.8) is 0 Å². The predicted octanol–water partition coefficient (Wildman–Crippen LogP) is 1.72. The van der Waals surface area contributed by atoms with Crippen molar-refractivity contribution in [2.45, 2.75) is 6.92 Å². The predicted molar refractivity (Wildman–Crippen MR) is 65.0 cm³/mol. The summed E-state index contributed by atoms with van der Waals surface area (Å²) in [6.45, 7) is 4.18. The monoisotopic (exact) mass is 219 g/mol. The lowest BCUT2D eigenvalue weighted by Gasteiger charge is -2.03. The standard InChI is InChI=1S/C11H14N3P/c1-8-4-9(5-11(13-8)15-3)10-6-12-14(2)7-10/h4-7,15H,1-3H3. The molecule has 0 radical (unpaired) electrons. The van der Waals surface area contributed by atoms with E-state index < -0.39 is 0 Å². The Labute approximate surface area is 91.3 Å². The fourth-order valence-electron chi connectivity index (χ4n) is 1.53. The number of pyridine rings is 1. The van der Waals surface area contributed by atoms with Crippen LogP contribution in [0.5, 0.6) is 0 Å². The largest absolute Gasteiger partial charge is 0.275 e. The zero-order valence-electron chi connectivity index (χ0n) is 9.15. The van der Waals surface area contributed by atoms with Crippen molar-refractivity contribution < 1.29 is 0 Å². The molecule has 0 spiro atoms. The highest BCUT2D eigenvalue weighted by Crippen LogP contribution is 2.19. The summed E-state index contributed by atoms with van der Waals surface area (Å²) in [7, 11) is 2.67. The molecule has 0 aliphatic carbocycles. The minimum atomic E-state index is 0.736. The molecule has 0 amide bonds. The van der Waals surface area contributed by atoms with E-state index >= 15 is 0 Å². The molecule has 0 fully saturated rings. The second-order valence-corrected chi connectivity index (χ2v) is 4.55. The van der Waals surface area contributed by atoms with Crippen LogP contribution in [0.15, 0.2) is 24.5 Å². The fraction of sp³-hybridized carbons (Fsp3) is 0.273. The van der Waals surface area contributed by atoms with Gasteiger partial charge in [-0.25, -0.2) is 0 Å². The van der Waals surface area contributed by atoms with E-state index in [1.165, 1.54) is 5.56 Å². The Balaban J connectivity index is 2.48. The maximum Gasteiger partial charge on any atom is 0.0606 e. The van der Waals surface area contributed by atoms with Crippen molar-refractivity contribution in [1.82, 2.24) is 14.8 Å². The summed E-state index contributed by atoms with van der Waals surface area (Å²) in [4.78, 5) is 4.47. The quantitative estimate of drug-likeness (QED) is 0.720. The molecule has 2 rings (SSSR count). The second kappa shape index (κ2) is 4.11. The van der Waals surface area contributed by atoms with Gasteiger partial charge >= 0.3 is 0 Å². The first-order chi connectivity index (χ1) is 7.19. The maximum absolute atomic E-state index is 4.47. The number of rotatable bonds is 2. The fourth-order valence-corrected chi connectivity index (χ4v) is 2.12. The molecule has 2 aromatic heterocycles. The Morgan fingerprint density at radius 2 is 2.07 bits per heavy atom. The average molecular weight is 219 g/mol. The third kappa shape index (κ3) is 2.24. The van der Waals surface area contributed by atoms with Gasteiger partial charge in [-0.1, -0.05) is 8.58 Å². The van der Waals surface area contributed by atoms with Crippen LogP contribution in [-0.2, 0) is 7.05 Å². The van der Waals surface area contributed by atoms with Crippen LogP contribution in [0, 0.1) is 6.92 Å². The summed E-state index contributed by atoms with van der Waals surface area (Å²) in [5, 5.41) is 4.18. The Morgan fingerprint density at radius 1 is 1.27 bits per heavy atom. The van der Waals surface area contributed by atoms with Gasteiger partial charge in [0.1, 0.15) is 0 Å². The molecule has 0 bridgehead atoms. The van der Waals surface area contributed by atoms with Gasteiger partial charge in [-0.15, -0.1) is 0 Å². The molecule has 1 atom stereocenters. The Morgan fingerprint density at radius 3 is 2.67 bits per heavy atom. The number of aryl methyl sites for hydroxylation is 2. The minimum absolute atomic E-state index is 0.736. The van der Waals surface area contributed by atoms with E-state index in [-0.39, 0.29) is 0 Å². The smallest absolute Gasteiger partial charge is 0.0606 e. The molecule has 0 aliphatic rings. The van der Waals surface area contributed by atoms with Crippen LogP contribution >= 0.6 is 8.58 Å². The summed E-state index contributed by atoms with van der Waals surface area (Å²) in [6, 6.07) is 4.24. The molecule has 0 N–H and O–H groups in total. The molecule has 0 saturated heterocycles. The normalized spacial score (nSPS) is 11.4. The van der Waals surface area contributed by atoms with E-state index in [0.29, 0.717) is 0 Å². The molecule has 3 nitrogen and oxygen atoms in total. The lowest BCUT2D eigenvalue weighted by molar-refractivity contribution is 0.768. The molecular weight excluding hydrogens is 205 g/mol. The topological polar surface area (TPSA) is 30.7 Å². The zero-order valence-corrected chi connectivity index (χ0v) is 10.2. The third-order valence-corrected chi connectivity index (χ3v) is 3.02. The van der Waals surface area contributed by atoms with Crippen LogP contribution in [-0.4, -0.2) is 21.4 Å². The third-order valence-electron chi connectivity index (χ3n) is 2.25. The van der Waals surface area contributed by atoms with E-state index in [4.69, 9.17) is 0 Å². The van der Waals surface area contributed by atoms with Gasteiger partial charge in [0.25, 0.3) is 0 Å². The molecule has 0 aliphatic heterocycles. The Bertz CT molecular complexity index is 476. The number of aromatic nitrogens is 3. The van der Waals surface area contributed by atoms with Gasteiger partial charge in [0, 0.05) is 24.5 Å². The van der Waals surface area contributed by atoms with E-state index in [1.54, 1.807) is 0 Å². The van der Waals surface area contributed by atoms with Crippen LogP contribution in [0.1, 0.15) is 5.69 Å². The van der Waals surface area contributed by atoms with Gasteiger partial charge in [0.2, 0.25) is 0 Å². The average Bonchev–Trinajstić information content (AvgIpc) is 2.64. The molecule has 1 unspecified atom stereocenters. The summed E-state index contributed by atoms with van der Waals surface area (Å²) in [6.07, 6.45) is 3.91. The number of hydrogen-bond acceptors (Lipinski definition) is 2. The van der Waals surface area contributed by atoms with Crippen molar-refractivity contribution in [2.24, 2.45) is 7.05 Å². The van der Waals surface area contributed by atoms with Crippen molar-refractivity contribution in [1.29, 1.82) is 0 Å². The minimum Gasteiger partial charge on any atom is -0.275 e. The van der Waals surface area contributed by atoms with Gasteiger partial charge in [0.05, 0.1) is 11.6 Å². The zero-order chi connectivity index (χ0) is 10.8. The summed E-state index contributed by atoms with van der Waals surface area (Å²) < 4.78 is 1.82. The summed E-state index contributed by atoms with van der Waals surface area (Å²) in [5.74, 6) is 0. The molecular formula is C11H14N3P. The SMILES string of the molecule is CPc1cc(-c2cnn(C)c2)cc(C)n1. The van der Waals surface area contributed by atoms with Crippen LogP contribution in [0.4, 0.5) is 0 Å². The highest BCUT2D eigenvalue weighted by molar-refractivity contribution is 7.45. The molecule has 15 heavy (non-hydrogen) atoms. The van der Waals surface area contributed by atoms with Crippen LogP contribution in [0.2, 0.25) is 0 Å². The van der Waals surface area contributed by atoms with Crippen LogP contribution in [0.25, 0.3) is 11.1 Å². The first kappa shape index (κ1) is 10.3. The van der Waals surface area contributed by atoms with Crippen LogP contribution in [0.3, 0.4) is 0 Å². The van der Waals surface area contributed by atoms with Gasteiger partial charge < -0.3 is 0 Å². The Kier molecular flexibility index (Phi) is 2.83. The molecule has 78 valence electrons. The van der Waals surface area contributed by atoms with E-state index in [2.05, 4.69) is 28.9 Å². The molecule has 2 aromatic rings. The first-order valence-corrected chi connectivity index (χ1v) is 6.34. The van der Waals surface area contributed by atoms with E-state index in [9.17, 15) is 0 Å². The molecule has 0 aromatic carbocycles. The number of nitrogens with zero attached hydrogens (tertiary/aromatic N) is 3. The van der Waals surface area contributed by atoms with Crippen molar-refractivity contribution in [3.05, 3.63) is 30.2 Å². The molecule has 2 heterocycles. The van der Waals surface area contributed by atoms with Crippen LogP contribution < -0.4 is 5.44 Å². The number of hydrogen-bond donors (Lipinski definition) is 0. The molecule has 4 heteroatoms. The van der Waals surface area contributed by atoms with Gasteiger partial charge in [-0.2, -0.15) is 5.10 Å².